The Labute approximate surface area is 120 Å². The SMILES string of the molecule is O=C(O)c1nnc2ccccc2c1-n1ccc(C2CC2)n1. The van der Waals surface area contributed by atoms with E-state index < -0.39 is 5.97 Å². The number of benzene rings is 1. The van der Waals surface area contributed by atoms with Gasteiger partial charge in [0.1, 0.15) is 5.69 Å². The Kier molecular flexibility index (Phi) is 2.50. The largest absolute Gasteiger partial charge is 0.476 e. The van der Waals surface area contributed by atoms with E-state index in [2.05, 4.69) is 15.3 Å². The first-order valence-electron chi connectivity index (χ1n) is 6.78. The zero-order chi connectivity index (χ0) is 14.4. The van der Waals surface area contributed by atoms with Gasteiger partial charge in [-0.2, -0.15) is 5.10 Å². The Morgan fingerprint density at radius 2 is 2.00 bits per heavy atom. The van der Waals surface area contributed by atoms with Crippen molar-refractivity contribution in [2.45, 2.75) is 18.8 Å². The first-order chi connectivity index (χ1) is 10.2. The van der Waals surface area contributed by atoms with E-state index in [1.165, 1.54) is 0 Å². The molecule has 0 amide bonds. The van der Waals surface area contributed by atoms with E-state index >= 15 is 0 Å². The molecule has 4 rings (SSSR count). The molecule has 2 heterocycles. The molecular weight excluding hydrogens is 268 g/mol. The standard InChI is InChI=1S/C15H12N4O2/c20-15(21)13-14(10-3-1-2-4-12(10)16-17-13)19-8-7-11(18-19)9-5-6-9/h1-4,7-9H,5-6H2,(H,20,21). The molecule has 0 atom stereocenters. The van der Waals surface area contributed by atoms with Gasteiger partial charge in [-0.05, 0) is 25.0 Å². The molecule has 3 aromatic rings. The Morgan fingerprint density at radius 3 is 2.76 bits per heavy atom. The van der Waals surface area contributed by atoms with E-state index in [0.29, 0.717) is 17.1 Å². The first kappa shape index (κ1) is 12.0. The highest BCUT2D eigenvalue weighted by Crippen LogP contribution is 2.39. The lowest BCUT2D eigenvalue weighted by Crippen LogP contribution is -2.11. The van der Waals surface area contributed by atoms with Crippen LogP contribution in [0.5, 0.6) is 0 Å². The second-order valence-electron chi connectivity index (χ2n) is 5.18. The quantitative estimate of drug-likeness (QED) is 0.796. The smallest absolute Gasteiger partial charge is 0.358 e. The van der Waals surface area contributed by atoms with Gasteiger partial charge in [-0.25, -0.2) is 9.48 Å². The summed E-state index contributed by atoms with van der Waals surface area (Å²) < 4.78 is 1.61. The van der Waals surface area contributed by atoms with Gasteiger partial charge in [0, 0.05) is 17.5 Å². The van der Waals surface area contributed by atoms with Crippen LogP contribution in [-0.4, -0.2) is 31.1 Å². The lowest BCUT2D eigenvalue weighted by atomic mass is 10.1. The molecule has 2 aromatic heterocycles. The number of rotatable bonds is 3. The van der Waals surface area contributed by atoms with Crippen molar-refractivity contribution in [1.29, 1.82) is 0 Å². The van der Waals surface area contributed by atoms with Crippen molar-refractivity contribution < 1.29 is 9.90 Å². The number of aromatic nitrogens is 4. The van der Waals surface area contributed by atoms with Crippen LogP contribution in [0.25, 0.3) is 16.6 Å². The van der Waals surface area contributed by atoms with Crippen molar-refractivity contribution in [3.05, 3.63) is 47.9 Å². The van der Waals surface area contributed by atoms with Crippen molar-refractivity contribution in [1.82, 2.24) is 20.0 Å². The summed E-state index contributed by atoms with van der Waals surface area (Å²) in [5.41, 5.74) is 2.05. The van der Waals surface area contributed by atoms with Gasteiger partial charge >= 0.3 is 5.97 Å². The van der Waals surface area contributed by atoms with Gasteiger partial charge in [0.15, 0.2) is 5.69 Å². The lowest BCUT2D eigenvalue weighted by molar-refractivity contribution is 0.0689. The fourth-order valence-corrected chi connectivity index (χ4v) is 2.48. The maximum absolute atomic E-state index is 11.4. The van der Waals surface area contributed by atoms with Gasteiger partial charge in [-0.15, -0.1) is 10.2 Å². The van der Waals surface area contributed by atoms with Crippen LogP contribution in [0, 0.1) is 0 Å². The molecule has 6 heteroatoms. The third kappa shape index (κ3) is 1.96. The molecule has 6 nitrogen and oxygen atoms in total. The number of hydrogen-bond donors (Lipinski definition) is 1. The third-order valence-electron chi connectivity index (χ3n) is 3.68. The molecule has 0 aliphatic heterocycles. The highest BCUT2D eigenvalue weighted by atomic mass is 16.4. The molecule has 1 saturated carbocycles. The fraction of sp³-hybridized carbons (Fsp3) is 0.200. The van der Waals surface area contributed by atoms with E-state index in [1.54, 1.807) is 10.9 Å². The minimum atomic E-state index is -1.10. The zero-order valence-corrected chi connectivity index (χ0v) is 11.1. The number of hydrogen-bond acceptors (Lipinski definition) is 4. The fourth-order valence-electron chi connectivity index (χ4n) is 2.48. The highest BCUT2D eigenvalue weighted by Gasteiger charge is 2.27. The van der Waals surface area contributed by atoms with Crippen LogP contribution in [0.3, 0.4) is 0 Å². The van der Waals surface area contributed by atoms with Crippen molar-refractivity contribution in [3.8, 4) is 5.69 Å². The number of aromatic carboxylic acids is 1. The van der Waals surface area contributed by atoms with Crippen LogP contribution in [0.1, 0.15) is 34.9 Å². The van der Waals surface area contributed by atoms with Crippen LogP contribution in [0.2, 0.25) is 0 Å². The Bertz CT molecular complexity index is 852. The average Bonchev–Trinajstić information content (AvgIpc) is 3.24. The van der Waals surface area contributed by atoms with Gasteiger partial charge in [-0.1, -0.05) is 18.2 Å². The molecule has 1 fully saturated rings. The first-order valence-corrected chi connectivity index (χ1v) is 6.78. The molecular formula is C15H12N4O2. The van der Waals surface area contributed by atoms with Gasteiger partial charge in [0.25, 0.3) is 0 Å². The third-order valence-corrected chi connectivity index (χ3v) is 3.68. The average molecular weight is 280 g/mol. The predicted octanol–water partition coefficient (Wildman–Crippen LogP) is 2.39. The van der Waals surface area contributed by atoms with E-state index in [0.717, 1.165) is 23.9 Å². The summed E-state index contributed by atoms with van der Waals surface area (Å²) in [4.78, 5) is 11.4. The molecule has 0 saturated heterocycles. The van der Waals surface area contributed by atoms with Crippen molar-refractivity contribution in [2.75, 3.05) is 0 Å². The summed E-state index contributed by atoms with van der Waals surface area (Å²) in [5, 5.41) is 22.4. The van der Waals surface area contributed by atoms with Gasteiger partial charge < -0.3 is 5.11 Å². The minimum Gasteiger partial charge on any atom is -0.476 e. The number of fused-ring (bicyclic) bond motifs is 1. The molecule has 1 aromatic carbocycles. The van der Waals surface area contributed by atoms with Crippen molar-refractivity contribution in [3.63, 3.8) is 0 Å². The van der Waals surface area contributed by atoms with E-state index in [-0.39, 0.29) is 5.69 Å². The van der Waals surface area contributed by atoms with Crippen LogP contribution in [-0.2, 0) is 0 Å². The second kappa shape index (κ2) is 4.37. The van der Waals surface area contributed by atoms with Gasteiger partial charge in [0.05, 0.1) is 11.2 Å². The number of nitrogens with zero attached hydrogens (tertiary/aromatic N) is 4. The molecule has 1 N–H and O–H groups in total. The summed E-state index contributed by atoms with van der Waals surface area (Å²) >= 11 is 0. The summed E-state index contributed by atoms with van der Waals surface area (Å²) in [6.07, 6.45) is 4.10. The Hall–Kier alpha value is -2.76. The number of carboxylic acid groups (broad SMARTS) is 1. The Balaban J connectivity index is 1.98. The minimum absolute atomic E-state index is 0.0841. The highest BCUT2D eigenvalue weighted by molar-refractivity contribution is 5.98. The van der Waals surface area contributed by atoms with Gasteiger partial charge in [-0.3, -0.25) is 0 Å². The van der Waals surface area contributed by atoms with Crippen molar-refractivity contribution in [2.24, 2.45) is 0 Å². The van der Waals surface area contributed by atoms with Crippen LogP contribution < -0.4 is 0 Å². The second-order valence-corrected chi connectivity index (χ2v) is 5.18. The topological polar surface area (TPSA) is 80.9 Å². The molecule has 0 unspecified atom stereocenters. The van der Waals surface area contributed by atoms with E-state index in [9.17, 15) is 9.90 Å². The maximum atomic E-state index is 11.4. The van der Waals surface area contributed by atoms with Crippen LogP contribution >= 0.6 is 0 Å². The molecule has 1 aliphatic carbocycles. The monoisotopic (exact) mass is 280 g/mol. The van der Waals surface area contributed by atoms with Crippen molar-refractivity contribution >= 4 is 16.9 Å². The molecule has 21 heavy (non-hydrogen) atoms. The maximum Gasteiger partial charge on any atom is 0.358 e. The Morgan fingerprint density at radius 1 is 1.19 bits per heavy atom. The number of carboxylic acids is 1. The predicted molar refractivity (Wildman–Crippen MR) is 75.6 cm³/mol. The summed E-state index contributed by atoms with van der Waals surface area (Å²) in [6, 6.07) is 9.29. The summed E-state index contributed by atoms with van der Waals surface area (Å²) in [6.45, 7) is 0. The van der Waals surface area contributed by atoms with Gasteiger partial charge in [0.2, 0.25) is 0 Å². The molecule has 0 bridgehead atoms. The molecule has 0 radical (unpaired) electrons. The molecule has 0 spiro atoms. The zero-order valence-electron chi connectivity index (χ0n) is 11.1. The number of carbonyl (C=O) groups is 1. The summed E-state index contributed by atoms with van der Waals surface area (Å²) in [5.74, 6) is -0.590. The van der Waals surface area contributed by atoms with E-state index in [4.69, 9.17) is 0 Å². The molecule has 1 aliphatic rings. The normalized spacial score (nSPS) is 14.5. The van der Waals surface area contributed by atoms with Crippen LogP contribution in [0.4, 0.5) is 0 Å². The van der Waals surface area contributed by atoms with E-state index in [1.807, 2.05) is 30.3 Å². The molecule has 104 valence electrons. The lowest BCUT2D eigenvalue weighted by Gasteiger charge is -2.08. The van der Waals surface area contributed by atoms with Crippen LogP contribution in [0.15, 0.2) is 36.5 Å². The summed E-state index contributed by atoms with van der Waals surface area (Å²) in [7, 11) is 0.